The summed E-state index contributed by atoms with van der Waals surface area (Å²) in [6.07, 6.45) is 6.83. The number of rotatable bonds is 4. The molecule has 1 saturated carbocycles. The predicted molar refractivity (Wildman–Crippen MR) is 83.6 cm³/mol. The number of carbonyl (C=O) groups is 1. The molecular weight excluding hydrogens is 339 g/mol. The summed E-state index contributed by atoms with van der Waals surface area (Å²) in [6, 6.07) is 2.66. The molecule has 2 rings (SSSR count). The molecule has 1 aliphatic rings. The van der Waals surface area contributed by atoms with Crippen molar-refractivity contribution in [2.24, 2.45) is 0 Å². The highest BCUT2D eigenvalue weighted by molar-refractivity contribution is 9.10. The Bertz CT molecular complexity index is 479. The summed E-state index contributed by atoms with van der Waals surface area (Å²) < 4.78 is 18.9. The van der Waals surface area contributed by atoms with Crippen LogP contribution in [-0.4, -0.2) is 18.6 Å². The van der Waals surface area contributed by atoms with Crippen molar-refractivity contribution in [2.75, 3.05) is 12.3 Å². The van der Waals surface area contributed by atoms with Crippen molar-refractivity contribution in [1.29, 1.82) is 0 Å². The molecule has 3 N–H and O–H groups in total. The van der Waals surface area contributed by atoms with Gasteiger partial charge in [-0.25, -0.2) is 4.39 Å². The molecule has 0 atom stereocenters. The van der Waals surface area contributed by atoms with Crippen LogP contribution >= 0.6 is 15.9 Å². The highest BCUT2D eigenvalue weighted by atomic mass is 79.9. The van der Waals surface area contributed by atoms with Crippen molar-refractivity contribution < 1.29 is 13.9 Å². The Balaban J connectivity index is 1.86. The molecule has 116 valence electrons. The maximum atomic E-state index is 13.1. The van der Waals surface area contributed by atoms with E-state index in [9.17, 15) is 9.18 Å². The molecule has 1 aromatic rings. The standard InChI is InChI=1S/C15H20BrFN2O2/c16-12-7-10(17)8-13(18)15(12)21-9-14(20)19-11-5-3-1-2-4-6-11/h7-8,11H,1-6,9,18H2,(H,19,20). The van der Waals surface area contributed by atoms with Gasteiger partial charge >= 0.3 is 0 Å². The number of nitrogens with two attached hydrogens (primary N) is 1. The summed E-state index contributed by atoms with van der Waals surface area (Å²) in [5, 5.41) is 2.99. The van der Waals surface area contributed by atoms with Gasteiger partial charge in [0.25, 0.3) is 5.91 Å². The minimum Gasteiger partial charge on any atom is -0.480 e. The lowest BCUT2D eigenvalue weighted by molar-refractivity contribution is -0.123. The minimum absolute atomic E-state index is 0.120. The van der Waals surface area contributed by atoms with E-state index in [1.54, 1.807) is 0 Å². The first-order chi connectivity index (χ1) is 10.1. The second-order valence-corrected chi connectivity index (χ2v) is 6.20. The topological polar surface area (TPSA) is 64.3 Å². The molecule has 0 heterocycles. The summed E-state index contributed by atoms with van der Waals surface area (Å²) in [4.78, 5) is 11.9. The Morgan fingerprint density at radius 3 is 2.62 bits per heavy atom. The zero-order valence-corrected chi connectivity index (χ0v) is 13.4. The lowest BCUT2D eigenvalue weighted by atomic mass is 10.1. The van der Waals surface area contributed by atoms with Crippen LogP contribution in [0.25, 0.3) is 0 Å². The van der Waals surface area contributed by atoms with Crippen LogP contribution in [0, 0.1) is 5.82 Å². The molecule has 0 spiro atoms. The summed E-state index contributed by atoms with van der Waals surface area (Å²) in [7, 11) is 0. The number of anilines is 1. The third kappa shape index (κ3) is 4.88. The molecule has 0 aliphatic heterocycles. The number of carbonyl (C=O) groups excluding carboxylic acids is 1. The van der Waals surface area contributed by atoms with Crippen LogP contribution in [0.3, 0.4) is 0 Å². The Hall–Kier alpha value is -1.30. The van der Waals surface area contributed by atoms with Crippen molar-refractivity contribution in [3.8, 4) is 5.75 Å². The van der Waals surface area contributed by atoms with Gasteiger partial charge in [0.15, 0.2) is 12.4 Å². The van der Waals surface area contributed by atoms with Crippen molar-refractivity contribution in [2.45, 2.75) is 44.6 Å². The first kappa shape index (κ1) is 16.1. The zero-order valence-electron chi connectivity index (χ0n) is 11.8. The van der Waals surface area contributed by atoms with Crippen LogP contribution in [0.4, 0.5) is 10.1 Å². The van der Waals surface area contributed by atoms with Gasteiger partial charge in [0.1, 0.15) is 5.82 Å². The fraction of sp³-hybridized carbons (Fsp3) is 0.533. The molecule has 0 unspecified atom stereocenters. The van der Waals surface area contributed by atoms with E-state index in [4.69, 9.17) is 10.5 Å². The number of benzene rings is 1. The van der Waals surface area contributed by atoms with Crippen molar-refractivity contribution in [3.05, 3.63) is 22.4 Å². The van der Waals surface area contributed by atoms with E-state index in [0.29, 0.717) is 10.2 Å². The molecule has 0 aromatic heterocycles. The molecule has 1 amide bonds. The van der Waals surface area contributed by atoms with Gasteiger partial charge in [0.05, 0.1) is 10.2 Å². The van der Waals surface area contributed by atoms with Gasteiger partial charge < -0.3 is 15.8 Å². The molecular formula is C15H20BrFN2O2. The number of nitrogen functional groups attached to an aromatic ring is 1. The highest BCUT2D eigenvalue weighted by Crippen LogP contribution is 2.32. The fourth-order valence-corrected chi connectivity index (χ4v) is 3.13. The Morgan fingerprint density at radius 1 is 1.33 bits per heavy atom. The van der Waals surface area contributed by atoms with Gasteiger partial charge in [-0.3, -0.25) is 4.79 Å². The number of halogens is 2. The molecule has 1 fully saturated rings. The van der Waals surface area contributed by atoms with Gasteiger partial charge in [0, 0.05) is 12.1 Å². The van der Waals surface area contributed by atoms with E-state index in [0.717, 1.165) is 25.7 Å². The SMILES string of the molecule is Nc1cc(F)cc(Br)c1OCC(=O)NC1CCCCCC1. The van der Waals surface area contributed by atoms with Gasteiger partial charge in [-0.2, -0.15) is 0 Å². The third-order valence-corrected chi connectivity index (χ3v) is 4.19. The normalized spacial score (nSPS) is 16.3. The maximum Gasteiger partial charge on any atom is 0.258 e. The van der Waals surface area contributed by atoms with Gasteiger partial charge in [0.2, 0.25) is 0 Å². The highest BCUT2D eigenvalue weighted by Gasteiger charge is 2.16. The van der Waals surface area contributed by atoms with Crippen LogP contribution in [0.5, 0.6) is 5.75 Å². The first-order valence-electron chi connectivity index (χ1n) is 7.23. The van der Waals surface area contributed by atoms with Crippen LogP contribution in [-0.2, 0) is 4.79 Å². The van der Waals surface area contributed by atoms with Crippen LogP contribution in [0.2, 0.25) is 0 Å². The lowest BCUT2D eigenvalue weighted by Gasteiger charge is -2.17. The van der Waals surface area contributed by atoms with Crippen molar-refractivity contribution in [3.63, 3.8) is 0 Å². The van der Waals surface area contributed by atoms with E-state index in [2.05, 4.69) is 21.2 Å². The van der Waals surface area contributed by atoms with Crippen molar-refractivity contribution in [1.82, 2.24) is 5.32 Å². The molecule has 1 aliphatic carbocycles. The molecule has 4 nitrogen and oxygen atoms in total. The molecule has 0 bridgehead atoms. The zero-order chi connectivity index (χ0) is 15.2. The second kappa shape index (κ2) is 7.64. The van der Waals surface area contributed by atoms with Crippen LogP contribution in [0.1, 0.15) is 38.5 Å². The average Bonchev–Trinajstić information content (AvgIpc) is 2.66. The smallest absolute Gasteiger partial charge is 0.258 e. The van der Waals surface area contributed by atoms with E-state index >= 15 is 0 Å². The average molecular weight is 359 g/mol. The predicted octanol–water partition coefficient (Wildman–Crippen LogP) is 3.39. The summed E-state index contributed by atoms with van der Waals surface area (Å²) >= 11 is 3.18. The molecule has 0 radical (unpaired) electrons. The lowest BCUT2D eigenvalue weighted by Crippen LogP contribution is -2.37. The largest absolute Gasteiger partial charge is 0.480 e. The number of hydrogen-bond donors (Lipinski definition) is 2. The number of ether oxygens (including phenoxy) is 1. The third-order valence-electron chi connectivity index (χ3n) is 3.60. The van der Waals surface area contributed by atoms with Gasteiger partial charge in [-0.05, 0) is 34.8 Å². The summed E-state index contributed by atoms with van der Waals surface area (Å²) in [6.45, 7) is -0.120. The minimum atomic E-state index is -0.449. The van der Waals surface area contributed by atoms with Crippen LogP contribution < -0.4 is 15.8 Å². The molecule has 1 aromatic carbocycles. The van der Waals surface area contributed by atoms with E-state index in [1.807, 2.05) is 0 Å². The summed E-state index contributed by atoms with van der Waals surface area (Å²) in [5.74, 6) is -0.320. The first-order valence-corrected chi connectivity index (χ1v) is 8.02. The van der Waals surface area contributed by atoms with E-state index < -0.39 is 5.82 Å². The molecule has 0 saturated heterocycles. The Labute approximate surface area is 132 Å². The molecule has 21 heavy (non-hydrogen) atoms. The fourth-order valence-electron chi connectivity index (χ4n) is 2.56. The second-order valence-electron chi connectivity index (χ2n) is 5.35. The quantitative estimate of drug-likeness (QED) is 0.640. The van der Waals surface area contributed by atoms with E-state index in [1.165, 1.54) is 25.0 Å². The van der Waals surface area contributed by atoms with Gasteiger partial charge in [-0.1, -0.05) is 25.7 Å². The number of nitrogens with one attached hydrogen (secondary N) is 1. The molecule has 6 heteroatoms. The van der Waals surface area contributed by atoms with Crippen LogP contribution in [0.15, 0.2) is 16.6 Å². The Kier molecular flexibility index (Phi) is 5.85. The van der Waals surface area contributed by atoms with Crippen molar-refractivity contribution >= 4 is 27.5 Å². The van der Waals surface area contributed by atoms with E-state index in [-0.39, 0.29) is 24.2 Å². The number of hydrogen-bond acceptors (Lipinski definition) is 3. The maximum absolute atomic E-state index is 13.1. The Morgan fingerprint density at radius 2 is 2.00 bits per heavy atom. The van der Waals surface area contributed by atoms with Gasteiger partial charge in [-0.15, -0.1) is 0 Å². The summed E-state index contributed by atoms with van der Waals surface area (Å²) in [5.41, 5.74) is 5.86. The number of amides is 1. The monoisotopic (exact) mass is 358 g/mol.